The number of ether oxygens (including phenoxy) is 2. The second-order valence-corrected chi connectivity index (χ2v) is 6.53. The molecule has 0 radical (unpaired) electrons. The molecule has 21 heavy (non-hydrogen) atoms. The molecule has 116 valence electrons. The highest BCUT2D eigenvalue weighted by molar-refractivity contribution is 5.43. The number of benzene rings is 1. The molecular formula is C17H25NO3. The predicted molar refractivity (Wildman–Crippen MR) is 81.4 cm³/mol. The lowest BCUT2D eigenvalue weighted by molar-refractivity contribution is -0.0144. The zero-order valence-corrected chi connectivity index (χ0v) is 12.8. The van der Waals surface area contributed by atoms with Crippen LogP contribution in [0.5, 0.6) is 11.5 Å². The van der Waals surface area contributed by atoms with Gasteiger partial charge in [0, 0.05) is 17.5 Å². The van der Waals surface area contributed by atoms with E-state index in [9.17, 15) is 5.11 Å². The molecule has 2 aliphatic carbocycles. The zero-order chi connectivity index (χ0) is 15.0. The quantitative estimate of drug-likeness (QED) is 0.875. The third-order valence-electron chi connectivity index (χ3n) is 5.68. The van der Waals surface area contributed by atoms with Crippen molar-refractivity contribution in [1.82, 2.24) is 0 Å². The smallest absolute Gasteiger partial charge is 0.124 e. The van der Waals surface area contributed by atoms with E-state index in [1.807, 2.05) is 18.2 Å². The number of rotatable bonds is 5. The van der Waals surface area contributed by atoms with Crippen molar-refractivity contribution in [2.75, 3.05) is 20.8 Å². The van der Waals surface area contributed by atoms with Crippen LogP contribution in [0.1, 0.15) is 37.4 Å². The maximum Gasteiger partial charge on any atom is 0.124 e. The van der Waals surface area contributed by atoms with Crippen LogP contribution in [-0.4, -0.2) is 25.9 Å². The number of aliphatic hydroxyl groups excluding tert-OH is 1. The van der Waals surface area contributed by atoms with Crippen LogP contribution < -0.4 is 15.2 Å². The Morgan fingerprint density at radius 3 is 2.67 bits per heavy atom. The molecule has 0 spiro atoms. The van der Waals surface area contributed by atoms with Gasteiger partial charge < -0.3 is 20.3 Å². The maximum absolute atomic E-state index is 11.1. The summed E-state index contributed by atoms with van der Waals surface area (Å²) in [6, 6.07) is 5.59. The molecule has 0 saturated heterocycles. The van der Waals surface area contributed by atoms with Crippen molar-refractivity contribution in [2.45, 2.75) is 31.8 Å². The summed E-state index contributed by atoms with van der Waals surface area (Å²) in [5, 5.41) is 11.1. The Hall–Kier alpha value is -1.26. The van der Waals surface area contributed by atoms with E-state index in [4.69, 9.17) is 15.2 Å². The summed E-state index contributed by atoms with van der Waals surface area (Å²) in [4.78, 5) is 0. The average molecular weight is 291 g/mol. The molecule has 3 N–H and O–H groups in total. The van der Waals surface area contributed by atoms with Crippen LogP contribution in [0, 0.1) is 17.3 Å². The number of methoxy groups -OCH3 is 2. The molecule has 0 aromatic heterocycles. The standard InChI is InChI=1S/C17H25NO3/c1-20-13-5-6-15(21-2)14(8-13)16(19)17(10-18)9-11-3-4-12(17)7-11/h5-6,8,11-12,16,19H,3-4,7,9-10,18H2,1-2H3. The van der Waals surface area contributed by atoms with Gasteiger partial charge in [-0.25, -0.2) is 0 Å². The van der Waals surface area contributed by atoms with Crippen LogP contribution in [0.3, 0.4) is 0 Å². The minimum Gasteiger partial charge on any atom is -0.497 e. The maximum atomic E-state index is 11.1. The SMILES string of the molecule is COc1ccc(OC)c(C(O)C2(CN)CC3CCC2C3)c1. The van der Waals surface area contributed by atoms with Crippen molar-refractivity contribution in [1.29, 1.82) is 0 Å². The van der Waals surface area contributed by atoms with Crippen molar-refractivity contribution in [3.63, 3.8) is 0 Å². The van der Waals surface area contributed by atoms with Gasteiger partial charge in [0.05, 0.1) is 20.3 Å². The normalized spacial score (nSPS) is 32.2. The van der Waals surface area contributed by atoms with Gasteiger partial charge >= 0.3 is 0 Å². The second-order valence-electron chi connectivity index (χ2n) is 6.53. The summed E-state index contributed by atoms with van der Waals surface area (Å²) in [5.41, 5.74) is 6.72. The third kappa shape index (κ3) is 2.21. The molecule has 4 heteroatoms. The molecule has 2 bridgehead atoms. The van der Waals surface area contributed by atoms with E-state index in [2.05, 4.69) is 0 Å². The first-order chi connectivity index (χ1) is 10.1. The summed E-state index contributed by atoms with van der Waals surface area (Å²) in [7, 11) is 3.27. The Balaban J connectivity index is 1.99. The first kappa shape index (κ1) is 14.7. The Kier molecular flexibility index (Phi) is 3.84. The van der Waals surface area contributed by atoms with Crippen molar-refractivity contribution >= 4 is 0 Å². The van der Waals surface area contributed by atoms with E-state index >= 15 is 0 Å². The second kappa shape index (κ2) is 5.50. The van der Waals surface area contributed by atoms with E-state index in [0.29, 0.717) is 18.2 Å². The van der Waals surface area contributed by atoms with Crippen LogP contribution in [0.25, 0.3) is 0 Å². The van der Waals surface area contributed by atoms with Gasteiger partial charge in [0.25, 0.3) is 0 Å². The summed E-state index contributed by atoms with van der Waals surface area (Å²) < 4.78 is 10.7. The topological polar surface area (TPSA) is 64.7 Å². The first-order valence-electron chi connectivity index (χ1n) is 7.74. The van der Waals surface area contributed by atoms with Crippen molar-refractivity contribution < 1.29 is 14.6 Å². The van der Waals surface area contributed by atoms with Crippen molar-refractivity contribution in [2.24, 2.45) is 23.0 Å². The predicted octanol–water partition coefficient (Wildman–Crippen LogP) is 2.50. The fourth-order valence-corrected chi connectivity index (χ4v) is 4.55. The number of aliphatic hydroxyl groups is 1. The number of hydrogen-bond acceptors (Lipinski definition) is 4. The van der Waals surface area contributed by atoms with E-state index < -0.39 is 6.10 Å². The molecule has 2 saturated carbocycles. The summed E-state index contributed by atoms with van der Waals surface area (Å²) in [6.45, 7) is 0.524. The van der Waals surface area contributed by atoms with E-state index in [0.717, 1.165) is 23.7 Å². The molecule has 1 aromatic carbocycles. The fraction of sp³-hybridized carbons (Fsp3) is 0.647. The molecule has 0 amide bonds. The lowest BCUT2D eigenvalue weighted by Crippen LogP contribution is -2.41. The fourth-order valence-electron chi connectivity index (χ4n) is 4.55. The molecular weight excluding hydrogens is 266 g/mol. The largest absolute Gasteiger partial charge is 0.497 e. The van der Waals surface area contributed by atoms with Gasteiger partial charge in [-0.15, -0.1) is 0 Å². The summed E-state index contributed by atoms with van der Waals surface area (Å²) in [5.74, 6) is 2.70. The van der Waals surface area contributed by atoms with Gasteiger partial charge in [-0.2, -0.15) is 0 Å². The highest BCUT2D eigenvalue weighted by atomic mass is 16.5. The van der Waals surface area contributed by atoms with E-state index in [1.165, 1.54) is 19.3 Å². The van der Waals surface area contributed by atoms with Crippen molar-refractivity contribution in [3.05, 3.63) is 23.8 Å². The number of nitrogens with two attached hydrogens (primary N) is 1. The lowest BCUT2D eigenvalue weighted by Gasteiger charge is -2.41. The molecule has 0 heterocycles. The molecule has 1 aromatic rings. The minimum atomic E-state index is -0.595. The van der Waals surface area contributed by atoms with Crippen LogP contribution in [0.15, 0.2) is 18.2 Å². The van der Waals surface area contributed by atoms with Crippen molar-refractivity contribution in [3.8, 4) is 11.5 Å². The van der Waals surface area contributed by atoms with Crippen LogP contribution in [0.2, 0.25) is 0 Å². The lowest BCUT2D eigenvalue weighted by atomic mass is 9.67. The highest BCUT2D eigenvalue weighted by Crippen LogP contribution is 2.61. The van der Waals surface area contributed by atoms with Gasteiger partial charge in [-0.1, -0.05) is 6.42 Å². The van der Waals surface area contributed by atoms with Crippen LogP contribution >= 0.6 is 0 Å². The monoisotopic (exact) mass is 291 g/mol. The Bertz CT molecular complexity index is 519. The highest BCUT2D eigenvalue weighted by Gasteiger charge is 2.54. The molecule has 2 aliphatic rings. The van der Waals surface area contributed by atoms with E-state index in [1.54, 1.807) is 14.2 Å². The molecule has 4 nitrogen and oxygen atoms in total. The Morgan fingerprint density at radius 2 is 2.14 bits per heavy atom. The van der Waals surface area contributed by atoms with E-state index in [-0.39, 0.29) is 5.41 Å². The van der Waals surface area contributed by atoms with Crippen LogP contribution in [0.4, 0.5) is 0 Å². The van der Waals surface area contributed by atoms with Gasteiger partial charge in [0.15, 0.2) is 0 Å². The van der Waals surface area contributed by atoms with Crippen LogP contribution in [-0.2, 0) is 0 Å². The third-order valence-corrected chi connectivity index (χ3v) is 5.68. The zero-order valence-electron chi connectivity index (χ0n) is 12.8. The molecule has 0 aliphatic heterocycles. The Morgan fingerprint density at radius 1 is 1.33 bits per heavy atom. The van der Waals surface area contributed by atoms with Gasteiger partial charge in [-0.05, 0) is 49.3 Å². The Labute approximate surface area is 126 Å². The summed E-state index contributed by atoms with van der Waals surface area (Å²) >= 11 is 0. The van der Waals surface area contributed by atoms with Gasteiger partial charge in [-0.3, -0.25) is 0 Å². The van der Waals surface area contributed by atoms with Gasteiger partial charge in [0.2, 0.25) is 0 Å². The molecule has 4 unspecified atom stereocenters. The molecule has 2 fully saturated rings. The average Bonchev–Trinajstić information content (AvgIpc) is 3.14. The minimum absolute atomic E-state index is 0.206. The molecule has 3 rings (SSSR count). The summed E-state index contributed by atoms with van der Waals surface area (Å²) in [6.07, 6.45) is 4.11. The number of hydrogen-bond donors (Lipinski definition) is 2. The molecule has 4 atom stereocenters. The van der Waals surface area contributed by atoms with Gasteiger partial charge in [0.1, 0.15) is 11.5 Å². The number of fused-ring (bicyclic) bond motifs is 2. The first-order valence-corrected chi connectivity index (χ1v) is 7.74.